The van der Waals surface area contributed by atoms with Gasteiger partial charge in [-0.2, -0.15) is 0 Å². The molecule has 103 heavy (non-hydrogen) atoms. The summed E-state index contributed by atoms with van der Waals surface area (Å²) in [6, 6.07) is 0. The third kappa shape index (κ3) is 78.0. The maximum atomic E-state index is 13.1. The molecule has 17 nitrogen and oxygen atoms in total. The van der Waals surface area contributed by atoms with Gasteiger partial charge in [-0.1, -0.05) is 407 Å². The van der Waals surface area contributed by atoms with Crippen LogP contribution in [-0.2, 0) is 65.4 Å². The molecular weight excluding hydrogens is 1340 g/mol. The molecule has 0 spiro atoms. The Morgan fingerprint density at radius 2 is 0.388 bits per heavy atom. The standard InChI is InChI=1S/C84H164O17P2/c1-5-9-13-17-21-25-29-33-35-37-38-39-40-41-43-47-51-55-59-63-67-71-84(89)101-80(75-95-82(87)69-65-61-57-53-49-46-42-36-34-30-26-22-18-14-10-6-2)77-99-103(92,93)97-73-78(85)72-96-102(90,91)98-76-79(100-83(88)70-66-62-58-54-50-45-32-28-24-20-16-12-8-4)74-94-81(86)68-64-60-56-52-48-44-31-27-23-19-15-11-7-3/h78-80,85H,5-77H2,1-4H3,(H,90,91)(H,92,93)/t78-,79+,80+/m0/s1. The number of phosphoric ester groups is 2. The van der Waals surface area contributed by atoms with E-state index in [9.17, 15) is 43.2 Å². The minimum Gasteiger partial charge on any atom is -0.462 e. The summed E-state index contributed by atoms with van der Waals surface area (Å²) in [5.41, 5.74) is 0. The van der Waals surface area contributed by atoms with E-state index in [1.807, 2.05) is 0 Å². The molecule has 0 aliphatic heterocycles. The van der Waals surface area contributed by atoms with Crippen molar-refractivity contribution in [3.63, 3.8) is 0 Å². The third-order valence-corrected chi connectivity index (χ3v) is 21.8. The molecule has 5 atom stereocenters. The number of carbonyl (C=O) groups excluding carboxylic acids is 4. The predicted molar refractivity (Wildman–Crippen MR) is 423 cm³/mol. The first-order valence-electron chi connectivity index (χ1n) is 43.8. The number of hydrogen-bond donors (Lipinski definition) is 3. The van der Waals surface area contributed by atoms with Gasteiger partial charge in [0.2, 0.25) is 0 Å². The highest BCUT2D eigenvalue weighted by atomic mass is 31.2. The molecule has 19 heteroatoms. The van der Waals surface area contributed by atoms with Crippen molar-refractivity contribution in [1.82, 2.24) is 0 Å². The largest absolute Gasteiger partial charge is 0.472 e. The molecule has 0 aliphatic carbocycles. The average Bonchev–Trinajstić information content (AvgIpc) is 1.65. The molecule has 0 rings (SSSR count). The Morgan fingerprint density at radius 1 is 0.233 bits per heavy atom. The Bertz CT molecular complexity index is 1950. The Kier molecular flexibility index (Phi) is 76.7. The molecule has 0 saturated heterocycles. The van der Waals surface area contributed by atoms with Gasteiger partial charge in [0.1, 0.15) is 19.3 Å². The topological polar surface area (TPSA) is 237 Å². The van der Waals surface area contributed by atoms with E-state index < -0.39 is 97.5 Å². The summed E-state index contributed by atoms with van der Waals surface area (Å²) < 4.78 is 68.8. The highest BCUT2D eigenvalue weighted by molar-refractivity contribution is 7.47. The lowest BCUT2D eigenvalue weighted by molar-refractivity contribution is -0.161. The molecule has 0 aromatic rings. The Hall–Kier alpha value is -1.94. The second kappa shape index (κ2) is 78.2. The minimum atomic E-state index is -4.96. The van der Waals surface area contributed by atoms with Crippen LogP contribution in [0, 0.1) is 0 Å². The molecule has 0 heterocycles. The summed E-state index contributed by atoms with van der Waals surface area (Å²) in [6.07, 6.45) is 72.1. The normalized spacial score (nSPS) is 13.7. The number of phosphoric acid groups is 2. The number of esters is 4. The fraction of sp³-hybridized carbons (Fsp3) is 0.952. The van der Waals surface area contributed by atoms with Gasteiger partial charge in [0.25, 0.3) is 0 Å². The van der Waals surface area contributed by atoms with Crippen molar-refractivity contribution in [3.05, 3.63) is 0 Å². The fourth-order valence-electron chi connectivity index (χ4n) is 13.2. The highest BCUT2D eigenvalue weighted by Gasteiger charge is 2.30. The summed E-state index contributed by atoms with van der Waals surface area (Å²) in [6.45, 7) is 5.05. The van der Waals surface area contributed by atoms with Gasteiger partial charge in [0.15, 0.2) is 12.2 Å². The Morgan fingerprint density at radius 3 is 0.573 bits per heavy atom. The summed E-state index contributed by atoms with van der Waals surface area (Å²) in [7, 11) is -9.92. The summed E-state index contributed by atoms with van der Waals surface area (Å²) >= 11 is 0. The van der Waals surface area contributed by atoms with Crippen LogP contribution in [-0.4, -0.2) is 96.7 Å². The summed E-state index contributed by atoms with van der Waals surface area (Å²) in [5.74, 6) is -2.10. The van der Waals surface area contributed by atoms with Crippen LogP contribution in [0.15, 0.2) is 0 Å². The fourth-order valence-corrected chi connectivity index (χ4v) is 14.7. The lowest BCUT2D eigenvalue weighted by Crippen LogP contribution is -2.30. The number of unbranched alkanes of at least 4 members (excludes halogenated alkanes) is 59. The van der Waals surface area contributed by atoms with Crippen molar-refractivity contribution >= 4 is 39.5 Å². The van der Waals surface area contributed by atoms with Crippen molar-refractivity contribution in [1.29, 1.82) is 0 Å². The highest BCUT2D eigenvalue weighted by Crippen LogP contribution is 2.45. The SMILES string of the molecule is CCCCCCCCCCCCCCCCCCCCCCCC(=O)O[C@H](COC(=O)CCCCCCCCCCCCCCCCCC)COP(=O)(O)OC[C@@H](O)COP(=O)(O)OC[C@@H](COC(=O)CCCCCCCCCCCCCCC)OC(=O)CCCCCCCCCCCCCCC. The van der Waals surface area contributed by atoms with E-state index in [-0.39, 0.29) is 25.7 Å². The molecule has 2 unspecified atom stereocenters. The molecule has 0 amide bonds. The number of rotatable bonds is 85. The van der Waals surface area contributed by atoms with E-state index in [1.54, 1.807) is 0 Å². The van der Waals surface area contributed by atoms with Crippen LogP contribution in [0.1, 0.15) is 458 Å². The van der Waals surface area contributed by atoms with Crippen LogP contribution >= 0.6 is 15.6 Å². The smallest absolute Gasteiger partial charge is 0.462 e. The van der Waals surface area contributed by atoms with E-state index in [4.69, 9.17) is 37.0 Å². The summed E-state index contributed by atoms with van der Waals surface area (Å²) in [5, 5.41) is 10.7. The van der Waals surface area contributed by atoms with Crippen LogP contribution in [0.25, 0.3) is 0 Å². The second-order valence-electron chi connectivity index (χ2n) is 30.2. The molecule has 0 aliphatic rings. The van der Waals surface area contributed by atoms with Gasteiger partial charge >= 0.3 is 39.5 Å². The van der Waals surface area contributed by atoms with Crippen LogP contribution in [0.4, 0.5) is 0 Å². The van der Waals surface area contributed by atoms with Crippen LogP contribution in [0.5, 0.6) is 0 Å². The zero-order valence-electron chi connectivity index (χ0n) is 67.3. The maximum absolute atomic E-state index is 13.1. The van der Waals surface area contributed by atoms with Crippen molar-refractivity contribution in [2.45, 2.75) is 476 Å². The molecule has 0 aromatic carbocycles. The molecule has 612 valence electrons. The van der Waals surface area contributed by atoms with Crippen molar-refractivity contribution in [2.75, 3.05) is 39.6 Å². The molecule has 0 bridgehead atoms. The van der Waals surface area contributed by atoms with Gasteiger partial charge in [-0.15, -0.1) is 0 Å². The molecular formula is C84H164O17P2. The van der Waals surface area contributed by atoms with Gasteiger partial charge in [0, 0.05) is 25.7 Å². The van der Waals surface area contributed by atoms with Gasteiger partial charge in [-0.3, -0.25) is 37.3 Å². The summed E-state index contributed by atoms with van der Waals surface area (Å²) in [4.78, 5) is 73.2. The molecule has 0 aromatic heterocycles. The maximum Gasteiger partial charge on any atom is 0.472 e. The second-order valence-corrected chi connectivity index (χ2v) is 33.1. The number of aliphatic hydroxyl groups excluding tert-OH is 1. The van der Waals surface area contributed by atoms with Gasteiger partial charge in [0.05, 0.1) is 26.4 Å². The monoisotopic (exact) mass is 1510 g/mol. The third-order valence-electron chi connectivity index (χ3n) is 19.9. The van der Waals surface area contributed by atoms with E-state index in [2.05, 4.69) is 27.7 Å². The molecule has 3 N–H and O–H groups in total. The van der Waals surface area contributed by atoms with Crippen molar-refractivity contribution < 1.29 is 80.2 Å². The average molecular weight is 1510 g/mol. The first-order valence-corrected chi connectivity index (χ1v) is 46.8. The quantitative estimate of drug-likeness (QED) is 0.0222. The first kappa shape index (κ1) is 101. The van der Waals surface area contributed by atoms with Gasteiger partial charge in [-0.25, -0.2) is 9.13 Å². The molecule has 0 saturated carbocycles. The van der Waals surface area contributed by atoms with E-state index in [0.717, 1.165) is 89.9 Å². The van der Waals surface area contributed by atoms with Crippen LogP contribution in [0.3, 0.4) is 0 Å². The van der Waals surface area contributed by atoms with Crippen molar-refractivity contribution in [3.8, 4) is 0 Å². The number of carbonyl (C=O) groups is 4. The number of hydrogen-bond acceptors (Lipinski definition) is 15. The van der Waals surface area contributed by atoms with Crippen molar-refractivity contribution in [2.24, 2.45) is 0 Å². The van der Waals surface area contributed by atoms with Crippen LogP contribution in [0.2, 0.25) is 0 Å². The lowest BCUT2D eigenvalue weighted by Gasteiger charge is -2.21. The van der Waals surface area contributed by atoms with E-state index >= 15 is 0 Å². The Labute approximate surface area is 632 Å². The molecule has 0 fully saturated rings. The van der Waals surface area contributed by atoms with Gasteiger partial charge < -0.3 is 33.8 Å². The Balaban J connectivity index is 5.23. The number of ether oxygens (including phenoxy) is 4. The van der Waals surface area contributed by atoms with Crippen LogP contribution < -0.4 is 0 Å². The van der Waals surface area contributed by atoms with Gasteiger partial charge in [-0.05, 0) is 25.7 Å². The first-order chi connectivity index (χ1) is 50.2. The lowest BCUT2D eigenvalue weighted by atomic mass is 10.0. The molecule has 0 radical (unpaired) electrons. The number of aliphatic hydroxyl groups is 1. The zero-order chi connectivity index (χ0) is 75.3. The van der Waals surface area contributed by atoms with E-state index in [1.165, 1.54) is 289 Å². The zero-order valence-corrected chi connectivity index (χ0v) is 69.1. The minimum absolute atomic E-state index is 0.109. The van der Waals surface area contributed by atoms with E-state index in [0.29, 0.717) is 25.7 Å². The predicted octanol–water partition coefficient (Wildman–Crippen LogP) is 25.7.